The molecule has 0 bridgehead atoms. The molecule has 1 aliphatic rings. The Morgan fingerprint density at radius 2 is 1.96 bits per heavy atom. The van der Waals surface area contributed by atoms with E-state index >= 15 is 0 Å². The highest BCUT2D eigenvalue weighted by molar-refractivity contribution is 6.30. The second kappa shape index (κ2) is 6.13. The summed E-state index contributed by atoms with van der Waals surface area (Å²) < 4.78 is 1.75. The molecule has 0 saturated heterocycles. The number of carbonyl (C=O) groups excluding carboxylic acids is 1. The Labute approximate surface area is 145 Å². The van der Waals surface area contributed by atoms with Crippen LogP contribution in [0.2, 0.25) is 5.02 Å². The van der Waals surface area contributed by atoms with Crippen molar-refractivity contribution >= 4 is 23.3 Å². The maximum atomic E-state index is 12.4. The Hall–Kier alpha value is -2.59. The van der Waals surface area contributed by atoms with Crippen LogP contribution in [0.5, 0.6) is 0 Å². The molecule has 5 heteroatoms. The number of nitrogens with one attached hydrogen (secondary N) is 1. The van der Waals surface area contributed by atoms with E-state index in [1.807, 2.05) is 66.9 Å². The van der Waals surface area contributed by atoms with E-state index in [2.05, 4.69) is 10.4 Å². The lowest BCUT2D eigenvalue weighted by Crippen LogP contribution is -2.15. The van der Waals surface area contributed by atoms with E-state index < -0.39 is 0 Å². The molecule has 0 radical (unpaired) electrons. The van der Waals surface area contributed by atoms with Crippen molar-refractivity contribution in [3.05, 3.63) is 77.4 Å². The van der Waals surface area contributed by atoms with Crippen molar-refractivity contribution in [3.8, 4) is 5.69 Å². The van der Waals surface area contributed by atoms with Crippen LogP contribution in [-0.4, -0.2) is 15.7 Å². The van der Waals surface area contributed by atoms with Crippen LogP contribution in [0.25, 0.3) is 5.69 Å². The fourth-order valence-electron chi connectivity index (χ4n) is 2.92. The van der Waals surface area contributed by atoms with Crippen LogP contribution in [0.15, 0.2) is 66.9 Å². The van der Waals surface area contributed by atoms with Gasteiger partial charge in [0.15, 0.2) is 5.82 Å². The van der Waals surface area contributed by atoms with Crippen molar-refractivity contribution in [1.82, 2.24) is 9.78 Å². The van der Waals surface area contributed by atoms with Crippen LogP contribution in [0.4, 0.5) is 5.82 Å². The predicted molar refractivity (Wildman–Crippen MR) is 94.5 cm³/mol. The summed E-state index contributed by atoms with van der Waals surface area (Å²) in [5.74, 6) is 0.823. The van der Waals surface area contributed by atoms with E-state index in [9.17, 15) is 4.79 Å². The molecule has 1 amide bonds. The lowest BCUT2D eigenvalue weighted by atomic mass is 10.1. The minimum Gasteiger partial charge on any atom is -0.309 e. The van der Waals surface area contributed by atoms with Crippen LogP contribution < -0.4 is 5.32 Å². The van der Waals surface area contributed by atoms with Crippen molar-refractivity contribution in [3.63, 3.8) is 0 Å². The third-order valence-electron chi connectivity index (χ3n) is 4.27. The van der Waals surface area contributed by atoms with Crippen molar-refractivity contribution in [2.75, 3.05) is 5.32 Å². The van der Waals surface area contributed by atoms with Gasteiger partial charge >= 0.3 is 0 Å². The van der Waals surface area contributed by atoms with Gasteiger partial charge in [-0.3, -0.25) is 4.79 Å². The average molecular weight is 338 g/mol. The minimum absolute atomic E-state index is 0.00894. The molecule has 4 rings (SSSR count). The first-order valence-electron chi connectivity index (χ1n) is 7.88. The standard InChI is InChI=1S/C19H16ClN3O/c20-14-6-4-5-13(11-14)16-12-17(16)19(24)21-18-9-10-23(22-18)15-7-2-1-3-8-15/h1-11,16-17H,12H2,(H,21,22,24). The van der Waals surface area contributed by atoms with E-state index in [-0.39, 0.29) is 17.7 Å². The maximum absolute atomic E-state index is 12.4. The number of para-hydroxylation sites is 1. The highest BCUT2D eigenvalue weighted by atomic mass is 35.5. The second-order valence-corrected chi connectivity index (χ2v) is 6.41. The highest BCUT2D eigenvalue weighted by Crippen LogP contribution is 2.48. The normalized spacial score (nSPS) is 19.0. The van der Waals surface area contributed by atoms with Gasteiger partial charge in [-0.05, 0) is 42.2 Å². The van der Waals surface area contributed by atoms with Gasteiger partial charge in [0, 0.05) is 23.2 Å². The number of carbonyl (C=O) groups is 1. The van der Waals surface area contributed by atoms with Gasteiger partial charge in [-0.1, -0.05) is 41.9 Å². The summed E-state index contributed by atoms with van der Waals surface area (Å²) in [6.07, 6.45) is 2.69. The third kappa shape index (κ3) is 3.05. The van der Waals surface area contributed by atoms with Crippen molar-refractivity contribution in [1.29, 1.82) is 0 Å². The van der Waals surface area contributed by atoms with Gasteiger partial charge < -0.3 is 5.32 Å². The molecule has 1 heterocycles. The lowest BCUT2D eigenvalue weighted by molar-refractivity contribution is -0.117. The number of aromatic nitrogens is 2. The first-order chi connectivity index (χ1) is 11.7. The molecule has 2 unspecified atom stereocenters. The number of halogens is 1. The summed E-state index contributed by atoms with van der Waals surface area (Å²) in [4.78, 5) is 12.4. The zero-order valence-electron chi connectivity index (χ0n) is 12.9. The molecule has 1 aromatic heterocycles. The maximum Gasteiger partial charge on any atom is 0.229 e. The van der Waals surface area contributed by atoms with Gasteiger partial charge in [-0.2, -0.15) is 5.10 Å². The van der Waals surface area contributed by atoms with Gasteiger partial charge in [-0.25, -0.2) is 4.68 Å². The van der Waals surface area contributed by atoms with Crippen molar-refractivity contribution in [2.24, 2.45) is 5.92 Å². The topological polar surface area (TPSA) is 46.9 Å². The van der Waals surface area contributed by atoms with Gasteiger partial charge in [0.1, 0.15) is 0 Å². The summed E-state index contributed by atoms with van der Waals surface area (Å²) in [6.45, 7) is 0. The fourth-order valence-corrected chi connectivity index (χ4v) is 3.12. The van der Waals surface area contributed by atoms with Crippen molar-refractivity contribution in [2.45, 2.75) is 12.3 Å². The molecule has 1 N–H and O–H groups in total. The van der Waals surface area contributed by atoms with Gasteiger partial charge in [-0.15, -0.1) is 0 Å². The summed E-state index contributed by atoms with van der Waals surface area (Å²) in [7, 11) is 0. The summed E-state index contributed by atoms with van der Waals surface area (Å²) >= 11 is 6.02. The minimum atomic E-state index is -0.00894. The van der Waals surface area contributed by atoms with E-state index in [0.717, 1.165) is 17.7 Å². The summed E-state index contributed by atoms with van der Waals surface area (Å²) in [6, 6.07) is 19.3. The lowest BCUT2D eigenvalue weighted by Gasteiger charge is -2.03. The Morgan fingerprint density at radius 1 is 1.12 bits per heavy atom. The second-order valence-electron chi connectivity index (χ2n) is 5.97. The SMILES string of the molecule is O=C(Nc1ccn(-c2ccccc2)n1)C1CC1c1cccc(Cl)c1. The molecule has 1 aliphatic carbocycles. The van der Waals surface area contributed by atoms with E-state index in [1.165, 1.54) is 0 Å². The molecule has 3 aromatic rings. The van der Waals surface area contributed by atoms with Crippen LogP contribution in [0, 0.1) is 5.92 Å². The van der Waals surface area contributed by atoms with Gasteiger partial charge in [0.2, 0.25) is 5.91 Å². The zero-order valence-corrected chi connectivity index (χ0v) is 13.6. The first kappa shape index (κ1) is 15.0. The molecular formula is C19H16ClN3O. The van der Waals surface area contributed by atoms with E-state index in [4.69, 9.17) is 11.6 Å². The van der Waals surface area contributed by atoms with Gasteiger partial charge in [0.05, 0.1) is 5.69 Å². The quantitative estimate of drug-likeness (QED) is 0.773. The molecule has 1 fully saturated rings. The molecule has 120 valence electrons. The Kier molecular flexibility index (Phi) is 3.82. The van der Waals surface area contributed by atoms with Crippen LogP contribution in [-0.2, 0) is 4.79 Å². The predicted octanol–water partition coefficient (Wildman–Crippen LogP) is 4.27. The highest BCUT2D eigenvalue weighted by Gasteiger charge is 2.44. The number of hydrogen-bond donors (Lipinski definition) is 1. The monoisotopic (exact) mass is 337 g/mol. The molecule has 2 aromatic carbocycles. The smallest absolute Gasteiger partial charge is 0.229 e. The van der Waals surface area contributed by atoms with Crippen LogP contribution >= 0.6 is 11.6 Å². The van der Waals surface area contributed by atoms with E-state index in [1.54, 1.807) is 4.68 Å². The number of amides is 1. The molecule has 24 heavy (non-hydrogen) atoms. The Bertz CT molecular complexity index is 875. The largest absolute Gasteiger partial charge is 0.309 e. The first-order valence-corrected chi connectivity index (χ1v) is 8.26. The van der Waals surface area contributed by atoms with Crippen molar-refractivity contribution < 1.29 is 4.79 Å². The zero-order chi connectivity index (χ0) is 16.5. The Morgan fingerprint density at radius 3 is 2.75 bits per heavy atom. The third-order valence-corrected chi connectivity index (χ3v) is 4.50. The molecule has 4 nitrogen and oxygen atoms in total. The number of rotatable bonds is 4. The number of hydrogen-bond acceptors (Lipinski definition) is 2. The fraction of sp³-hybridized carbons (Fsp3) is 0.158. The molecular weight excluding hydrogens is 322 g/mol. The molecule has 0 aliphatic heterocycles. The Balaban J connectivity index is 1.42. The van der Waals surface area contributed by atoms with Crippen LogP contribution in [0.3, 0.4) is 0 Å². The van der Waals surface area contributed by atoms with E-state index in [0.29, 0.717) is 10.8 Å². The molecule has 0 spiro atoms. The number of nitrogens with zero attached hydrogens (tertiary/aromatic N) is 2. The summed E-state index contributed by atoms with van der Waals surface area (Å²) in [5.41, 5.74) is 2.08. The summed E-state index contributed by atoms with van der Waals surface area (Å²) in [5, 5.41) is 8.02. The van der Waals surface area contributed by atoms with Gasteiger partial charge in [0.25, 0.3) is 0 Å². The molecule has 2 atom stereocenters. The average Bonchev–Trinajstić information content (AvgIpc) is 3.28. The molecule has 1 saturated carbocycles. The van der Waals surface area contributed by atoms with Crippen LogP contribution in [0.1, 0.15) is 17.9 Å². The number of benzene rings is 2. The number of anilines is 1.